The molecular weight excluding hydrogens is 228 g/mol. The van der Waals surface area contributed by atoms with Crippen molar-refractivity contribution in [2.45, 2.75) is 33.2 Å². The van der Waals surface area contributed by atoms with Gasteiger partial charge >= 0.3 is 0 Å². The zero-order valence-corrected chi connectivity index (χ0v) is 11.8. The summed E-state index contributed by atoms with van der Waals surface area (Å²) in [5, 5.41) is 14.4. The van der Waals surface area contributed by atoms with Gasteiger partial charge in [-0.25, -0.2) is 0 Å². The molecule has 0 aliphatic carbocycles. The van der Waals surface area contributed by atoms with Gasteiger partial charge < -0.3 is 15.2 Å². The van der Waals surface area contributed by atoms with E-state index in [9.17, 15) is 0 Å². The molecule has 0 saturated heterocycles. The molecular formula is C12H24N6. The quantitative estimate of drug-likeness (QED) is 0.583. The van der Waals surface area contributed by atoms with Crippen LogP contribution in [0.25, 0.3) is 0 Å². The third-order valence-electron chi connectivity index (χ3n) is 3.16. The van der Waals surface area contributed by atoms with E-state index in [2.05, 4.69) is 39.7 Å². The van der Waals surface area contributed by atoms with E-state index in [0.29, 0.717) is 12.5 Å². The Kier molecular flexibility index (Phi) is 6.18. The molecule has 1 rings (SSSR count). The van der Waals surface area contributed by atoms with E-state index in [1.165, 1.54) is 12.8 Å². The van der Waals surface area contributed by atoms with E-state index in [1.54, 1.807) is 13.4 Å². The van der Waals surface area contributed by atoms with Crippen LogP contribution in [0, 0.1) is 5.92 Å². The third kappa shape index (κ3) is 4.35. The Morgan fingerprint density at radius 2 is 2.11 bits per heavy atom. The van der Waals surface area contributed by atoms with Crippen molar-refractivity contribution >= 4 is 5.96 Å². The Bertz CT molecular complexity index is 366. The maximum Gasteiger partial charge on any atom is 0.191 e. The Morgan fingerprint density at radius 3 is 2.61 bits per heavy atom. The van der Waals surface area contributed by atoms with Gasteiger partial charge in [0, 0.05) is 20.6 Å². The van der Waals surface area contributed by atoms with Crippen molar-refractivity contribution in [1.29, 1.82) is 0 Å². The maximum atomic E-state index is 4.19. The van der Waals surface area contributed by atoms with Crippen molar-refractivity contribution in [3.8, 4) is 0 Å². The summed E-state index contributed by atoms with van der Waals surface area (Å²) < 4.78 is 1.89. The predicted molar refractivity (Wildman–Crippen MR) is 73.3 cm³/mol. The van der Waals surface area contributed by atoms with Gasteiger partial charge in [-0.3, -0.25) is 4.99 Å². The Morgan fingerprint density at radius 1 is 1.39 bits per heavy atom. The van der Waals surface area contributed by atoms with Crippen LogP contribution in [0.1, 0.15) is 32.5 Å². The minimum Gasteiger partial charge on any atom is -0.356 e. The average Bonchev–Trinajstić information content (AvgIpc) is 2.80. The fraction of sp³-hybridized carbons (Fsp3) is 0.750. The van der Waals surface area contributed by atoms with Crippen LogP contribution >= 0.6 is 0 Å². The molecule has 0 unspecified atom stereocenters. The standard InChI is InChI=1S/C12H24N6/c1-5-10(6-2)7-14-12(13-3)15-8-11-17-16-9-18(11)4/h9-10H,5-8H2,1-4H3,(H2,13,14,15). The van der Waals surface area contributed by atoms with Gasteiger partial charge in [-0.2, -0.15) is 0 Å². The minimum atomic E-state index is 0.624. The Hall–Kier alpha value is -1.59. The first-order valence-electron chi connectivity index (χ1n) is 6.48. The fourth-order valence-electron chi connectivity index (χ4n) is 1.67. The summed E-state index contributed by atoms with van der Waals surface area (Å²) >= 11 is 0. The van der Waals surface area contributed by atoms with Crippen LogP contribution in [0.15, 0.2) is 11.3 Å². The minimum absolute atomic E-state index is 0.624. The lowest BCUT2D eigenvalue weighted by atomic mass is 10.0. The summed E-state index contributed by atoms with van der Waals surface area (Å²) in [6, 6.07) is 0. The molecule has 0 fully saturated rings. The number of aliphatic imine (C=N–C) groups is 1. The molecule has 0 saturated carbocycles. The molecule has 0 amide bonds. The highest BCUT2D eigenvalue weighted by molar-refractivity contribution is 5.79. The number of hydrogen-bond donors (Lipinski definition) is 2. The number of rotatable bonds is 6. The molecule has 1 aromatic rings. The zero-order valence-electron chi connectivity index (χ0n) is 11.8. The normalized spacial score (nSPS) is 11.9. The lowest BCUT2D eigenvalue weighted by Gasteiger charge is -2.16. The van der Waals surface area contributed by atoms with Crippen molar-refractivity contribution in [2.75, 3.05) is 13.6 Å². The van der Waals surface area contributed by atoms with Crippen LogP contribution in [0.2, 0.25) is 0 Å². The topological polar surface area (TPSA) is 67.1 Å². The highest BCUT2D eigenvalue weighted by Crippen LogP contribution is 2.04. The van der Waals surface area contributed by atoms with Gasteiger partial charge in [0.05, 0.1) is 6.54 Å². The van der Waals surface area contributed by atoms with Crippen LogP contribution < -0.4 is 10.6 Å². The van der Waals surface area contributed by atoms with Crippen LogP contribution in [-0.4, -0.2) is 34.3 Å². The fourth-order valence-corrected chi connectivity index (χ4v) is 1.67. The van der Waals surface area contributed by atoms with Crippen molar-refractivity contribution in [1.82, 2.24) is 25.4 Å². The summed E-state index contributed by atoms with van der Waals surface area (Å²) in [5.74, 6) is 2.39. The lowest BCUT2D eigenvalue weighted by molar-refractivity contribution is 0.481. The molecule has 102 valence electrons. The van der Waals surface area contributed by atoms with Crippen LogP contribution in [0.4, 0.5) is 0 Å². The van der Waals surface area contributed by atoms with Gasteiger partial charge in [-0.15, -0.1) is 10.2 Å². The molecule has 1 aromatic heterocycles. The van der Waals surface area contributed by atoms with Crippen molar-refractivity contribution < 1.29 is 0 Å². The van der Waals surface area contributed by atoms with E-state index in [4.69, 9.17) is 0 Å². The Labute approximate surface area is 109 Å². The SMILES string of the molecule is CCC(CC)CNC(=NC)NCc1nncn1C. The van der Waals surface area contributed by atoms with E-state index >= 15 is 0 Å². The van der Waals surface area contributed by atoms with Crippen LogP contribution in [0.5, 0.6) is 0 Å². The Balaban J connectivity index is 2.37. The molecule has 0 aliphatic rings. The number of nitrogens with one attached hydrogen (secondary N) is 2. The second-order valence-corrected chi connectivity index (χ2v) is 4.35. The predicted octanol–water partition coefficient (Wildman–Crippen LogP) is 0.916. The maximum absolute atomic E-state index is 4.19. The van der Waals surface area contributed by atoms with Crippen LogP contribution in [0.3, 0.4) is 0 Å². The molecule has 18 heavy (non-hydrogen) atoms. The molecule has 2 N–H and O–H groups in total. The summed E-state index contributed by atoms with van der Waals surface area (Å²) in [6.45, 7) is 6.00. The molecule has 0 atom stereocenters. The van der Waals surface area contributed by atoms with Gasteiger partial charge in [0.25, 0.3) is 0 Å². The summed E-state index contributed by atoms with van der Waals surface area (Å²) in [6.07, 6.45) is 4.06. The molecule has 0 aromatic carbocycles. The molecule has 1 heterocycles. The van der Waals surface area contributed by atoms with Gasteiger partial charge in [0.15, 0.2) is 11.8 Å². The molecule has 0 spiro atoms. The smallest absolute Gasteiger partial charge is 0.191 e. The number of aromatic nitrogens is 3. The van der Waals surface area contributed by atoms with E-state index in [0.717, 1.165) is 18.3 Å². The molecule has 0 aliphatic heterocycles. The van der Waals surface area contributed by atoms with Gasteiger partial charge in [0.2, 0.25) is 0 Å². The number of nitrogens with zero attached hydrogens (tertiary/aromatic N) is 4. The molecule has 6 nitrogen and oxygen atoms in total. The largest absolute Gasteiger partial charge is 0.356 e. The second-order valence-electron chi connectivity index (χ2n) is 4.35. The van der Waals surface area contributed by atoms with E-state index in [-0.39, 0.29) is 0 Å². The second kappa shape index (κ2) is 7.68. The first kappa shape index (κ1) is 14.5. The van der Waals surface area contributed by atoms with Gasteiger partial charge in [-0.1, -0.05) is 26.7 Å². The molecule has 0 bridgehead atoms. The third-order valence-corrected chi connectivity index (χ3v) is 3.16. The molecule has 6 heteroatoms. The van der Waals surface area contributed by atoms with E-state index < -0.39 is 0 Å². The summed E-state index contributed by atoms with van der Waals surface area (Å²) in [5.41, 5.74) is 0. The van der Waals surface area contributed by atoms with Gasteiger partial charge in [0.1, 0.15) is 6.33 Å². The summed E-state index contributed by atoms with van der Waals surface area (Å²) in [7, 11) is 3.70. The number of aryl methyl sites for hydroxylation is 1. The van der Waals surface area contributed by atoms with Crippen molar-refractivity contribution in [2.24, 2.45) is 18.0 Å². The number of guanidine groups is 1. The first-order chi connectivity index (χ1) is 8.71. The summed E-state index contributed by atoms with van der Waals surface area (Å²) in [4.78, 5) is 4.19. The first-order valence-corrected chi connectivity index (χ1v) is 6.48. The lowest BCUT2D eigenvalue weighted by Crippen LogP contribution is -2.39. The highest BCUT2D eigenvalue weighted by atomic mass is 15.3. The average molecular weight is 252 g/mol. The molecule has 0 radical (unpaired) electrons. The monoisotopic (exact) mass is 252 g/mol. The number of hydrogen-bond acceptors (Lipinski definition) is 3. The van der Waals surface area contributed by atoms with Gasteiger partial charge in [-0.05, 0) is 5.92 Å². The van der Waals surface area contributed by atoms with Crippen molar-refractivity contribution in [3.63, 3.8) is 0 Å². The zero-order chi connectivity index (χ0) is 13.4. The van der Waals surface area contributed by atoms with Crippen LogP contribution in [-0.2, 0) is 13.6 Å². The van der Waals surface area contributed by atoms with Crippen molar-refractivity contribution in [3.05, 3.63) is 12.2 Å². The van der Waals surface area contributed by atoms with E-state index in [1.807, 2.05) is 11.6 Å². The highest BCUT2D eigenvalue weighted by Gasteiger charge is 2.06.